The number of hydrogen-bond donors (Lipinski definition) is 2. The third kappa shape index (κ3) is 4.39. The van der Waals surface area contributed by atoms with Gasteiger partial charge in [0.05, 0.1) is 11.1 Å². The van der Waals surface area contributed by atoms with Crippen LogP contribution in [0.4, 0.5) is 0 Å². The van der Waals surface area contributed by atoms with Gasteiger partial charge < -0.3 is 15.2 Å². The van der Waals surface area contributed by atoms with Crippen LogP contribution in [0, 0.1) is 0 Å². The van der Waals surface area contributed by atoms with E-state index in [1.807, 2.05) is 24.3 Å². The van der Waals surface area contributed by atoms with E-state index >= 15 is 0 Å². The zero-order chi connectivity index (χ0) is 16.0. The molecule has 5 nitrogen and oxygen atoms in total. The summed E-state index contributed by atoms with van der Waals surface area (Å²) in [7, 11) is 0. The molecule has 1 saturated heterocycles. The maximum Gasteiger partial charge on any atom is 0.330 e. The SMILES string of the molecule is O=C(CCCOc1ccccc1Br)NC1(C(=O)O)CCSC1. The first-order valence-corrected chi connectivity index (χ1v) is 8.98. The number of hydrogen-bond acceptors (Lipinski definition) is 4. The van der Waals surface area contributed by atoms with Crippen LogP contribution < -0.4 is 10.1 Å². The van der Waals surface area contributed by atoms with Gasteiger partial charge in [-0.1, -0.05) is 12.1 Å². The summed E-state index contributed by atoms with van der Waals surface area (Å²) < 4.78 is 6.45. The maximum atomic E-state index is 11.9. The standard InChI is InChI=1S/C15H18BrNO4S/c16-11-4-1-2-5-12(11)21-8-3-6-13(18)17-15(14(19)20)7-9-22-10-15/h1-2,4-5H,3,6-10H2,(H,17,18)(H,19,20). The molecule has 1 aliphatic heterocycles. The molecule has 0 spiro atoms. The Bertz CT molecular complexity index is 546. The van der Waals surface area contributed by atoms with E-state index in [9.17, 15) is 14.7 Å². The number of amides is 1. The molecular weight excluding hydrogens is 370 g/mol. The Morgan fingerprint density at radius 1 is 1.41 bits per heavy atom. The molecule has 0 aliphatic carbocycles. The van der Waals surface area contributed by atoms with Crippen molar-refractivity contribution in [1.29, 1.82) is 0 Å². The highest BCUT2D eigenvalue weighted by atomic mass is 79.9. The first kappa shape index (κ1) is 17.1. The number of aliphatic carboxylic acids is 1. The highest BCUT2D eigenvalue weighted by Crippen LogP contribution is 2.28. The van der Waals surface area contributed by atoms with E-state index in [0.717, 1.165) is 16.0 Å². The summed E-state index contributed by atoms with van der Waals surface area (Å²) in [5.41, 5.74) is -1.09. The molecule has 0 saturated carbocycles. The van der Waals surface area contributed by atoms with Crippen molar-refractivity contribution in [2.75, 3.05) is 18.1 Å². The number of ether oxygens (including phenoxy) is 1. The summed E-state index contributed by atoms with van der Waals surface area (Å²) in [6.07, 6.45) is 1.27. The van der Waals surface area contributed by atoms with Crippen molar-refractivity contribution in [3.8, 4) is 5.75 Å². The fourth-order valence-electron chi connectivity index (χ4n) is 2.19. The largest absolute Gasteiger partial charge is 0.492 e. The average Bonchev–Trinajstić information content (AvgIpc) is 2.95. The van der Waals surface area contributed by atoms with Crippen molar-refractivity contribution in [3.63, 3.8) is 0 Å². The Morgan fingerprint density at radius 2 is 2.18 bits per heavy atom. The topological polar surface area (TPSA) is 75.6 Å². The van der Waals surface area contributed by atoms with Crippen LogP contribution in [0.25, 0.3) is 0 Å². The van der Waals surface area contributed by atoms with Gasteiger partial charge in [0.2, 0.25) is 5.91 Å². The third-order valence-electron chi connectivity index (χ3n) is 3.45. The van der Waals surface area contributed by atoms with Gasteiger partial charge in [0, 0.05) is 12.2 Å². The fourth-order valence-corrected chi connectivity index (χ4v) is 3.92. The van der Waals surface area contributed by atoms with Crippen molar-refractivity contribution in [3.05, 3.63) is 28.7 Å². The zero-order valence-electron chi connectivity index (χ0n) is 12.0. The number of benzene rings is 1. The molecule has 1 aromatic carbocycles. The van der Waals surface area contributed by atoms with E-state index in [1.165, 1.54) is 0 Å². The van der Waals surface area contributed by atoms with Crippen LogP contribution in [-0.2, 0) is 9.59 Å². The van der Waals surface area contributed by atoms with Gasteiger partial charge in [-0.15, -0.1) is 0 Å². The van der Waals surface area contributed by atoms with Gasteiger partial charge in [-0.05, 0) is 46.7 Å². The fraction of sp³-hybridized carbons (Fsp3) is 0.467. The van der Waals surface area contributed by atoms with Crippen molar-refractivity contribution in [1.82, 2.24) is 5.32 Å². The number of para-hydroxylation sites is 1. The van der Waals surface area contributed by atoms with Crippen molar-refractivity contribution in [2.24, 2.45) is 0 Å². The second-order valence-corrected chi connectivity index (χ2v) is 7.08. The molecule has 22 heavy (non-hydrogen) atoms. The molecule has 1 atom stereocenters. The molecule has 1 fully saturated rings. The second-order valence-electron chi connectivity index (χ2n) is 5.12. The molecule has 1 aromatic rings. The van der Waals surface area contributed by atoms with Crippen molar-refractivity contribution >= 4 is 39.6 Å². The van der Waals surface area contributed by atoms with Crippen molar-refractivity contribution < 1.29 is 19.4 Å². The molecule has 2 N–H and O–H groups in total. The normalized spacial score (nSPS) is 20.6. The Labute approximate surface area is 141 Å². The first-order valence-electron chi connectivity index (χ1n) is 7.03. The summed E-state index contributed by atoms with van der Waals surface area (Å²) in [6.45, 7) is 0.408. The predicted octanol–water partition coefficient (Wildman–Crippen LogP) is 2.68. The Hall–Kier alpha value is -1.21. The minimum atomic E-state index is -1.09. The van der Waals surface area contributed by atoms with E-state index in [1.54, 1.807) is 11.8 Å². The van der Waals surface area contributed by atoms with Gasteiger partial charge >= 0.3 is 5.97 Å². The summed E-state index contributed by atoms with van der Waals surface area (Å²) in [5, 5.41) is 12.0. The number of halogens is 1. The Balaban J connectivity index is 1.74. The van der Waals surface area contributed by atoms with E-state index in [0.29, 0.717) is 25.2 Å². The summed E-state index contributed by atoms with van der Waals surface area (Å²) >= 11 is 4.94. The molecule has 1 amide bonds. The molecule has 7 heteroatoms. The van der Waals surface area contributed by atoms with Gasteiger partial charge in [-0.3, -0.25) is 4.79 Å². The van der Waals surface area contributed by atoms with Crippen LogP contribution in [0.2, 0.25) is 0 Å². The summed E-state index contributed by atoms with van der Waals surface area (Å²) in [4.78, 5) is 23.3. The average molecular weight is 388 g/mol. The number of carbonyl (C=O) groups is 2. The molecule has 1 heterocycles. The van der Waals surface area contributed by atoms with Crippen LogP contribution in [0.15, 0.2) is 28.7 Å². The van der Waals surface area contributed by atoms with E-state index in [4.69, 9.17) is 4.74 Å². The van der Waals surface area contributed by atoms with Crippen LogP contribution in [0.5, 0.6) is 5.75 Å². The van der Waals surface area contributed by atoms with E-state index < -0.39 is 11.5 Å². The van der Waals surface area contributed by atoms with Gasteiger partial charge in [0.1, 0.15) is 11.3 Å². The van der Waals surface area contributed by atoms with Crippen LogP contribution in [-0.4, -0.2) is 40.6 Å². The summed E-state index contributed by atoms with van der Waals surface area (Å²) in [6, 6.07) is 7.51. The number of carboxylic acid groups (broad SMARTS) is 1. The monoisotopic (exact) mass is 387 g/mol. The third-order valence-corrected chi connectivity index (χ3v) is 5.30. The molecule has 2 rings (SSSR count). The number of carboxylic acids is 1. The zero-order valence-corrected chi connectivity index (χ0v) is 14.4. The van der Waals surface area contributed by atoms with Gasteiger partial charge in [0.25, 0.3) is 0 Å². The molecule has 1 unspecified atom stereocenters. The molecule has 1 aliphatic rings. The summed E-state index contributed by atoms with van der Waals surface area (Å²) in [5.74, 6) is 0.743. The molecule has 0 bridgehead atoms. The minimum Gasteiger partial charge on any atom is -0.492 e. The number of rotatable bonds is 7. The number of carbonyl (C=O) groups excluding carboxylic acids is 1. The minimum absolute atomic E-state index is 0.236. The predicted molar refractivity (Wildman–Crippen MR) is 89.3 cm³/mol. The second kappa shape index (κ2) is 7.87. The van der Waals surface area contributed by atoms with E-state index in [-0.39, 0.29) is 12.3 Å². The van der Waals surface area contributed by atoms with E-state index in [2.05, 4.69) is 21.2 Å². The van der Waals surface area contributed by atoms with Gasteiger partial charge in [-0.2, -0.15) is 11.8 Å². The quantitative estimate of drug-likeness (QED) is 0.703. The number of nitrogens with one attached hydrogen (secondary N) is 1. The Kier molecular flexibility index (Phi) is 6.14. The molecule has 0 aromatic heterocycles. The van der Waals surface area contributed by atoms with Crippen molar-refractivity contribution in [2.45, 2.75) is 24.8 Å². The lowest BCUT2D eigenvalue weighted by molar-refractivity contribution is -0.146. The highest BCUT2D eigenvalue weighted by Gasteiger charge is 2.43. The van der Waals surface area contributed by atoms with Crippen LogP contribution >= 0.6 is 27.7 Å². The van der Waals surface area contributed by atoms with Crippen LogP contribution in [0.1, 0.15) is 19.3 Å². The first-order chi connectivity index (χ1) is 10.5. The van der Waals surface area contributed by atoms with Gasteiger partial charge in [0.15, 0.2) is 0 Å². The number of thioether (sulfide) groups is 1. The highest BCUT2D eigenvalue weighted by molar-refractivity contribution is 9.10. The molecule has 0 radical (unpaired) electrons. The Morgan fingerprint density at radius 3 is 2.82 bits per heavy atom. The lowest BCUT2D eigenvalue weighted by Gasteiger charge is -2.24. The smallest absolute Gasteiger partial charge is 0.330 e. The van der Waals surface area contributed by atoms with Crippen LogP contribution in [0.3, 0.4) is 0 Å². The lowest BCUT2D eigenvalue weighted by atomic mass is 9.99. The molecular formula is C15H18BrNO4S. The molecule has 120 valence electrons. The lowest BCUT2D eigenvalue weighted by Crippen LogP contribution is -2.54. The van der Waals surface area contributed by atoms with Gasteiger partial charge in [-0.25, -0.2) is 4.79 Å². The maximum absolute atomic E-state index is 11.9.